The van der Waals surface area contributed by atoms with E-state index in [1.165, 1.54) is 0 Å². The monoisotopic (exact) mass is 474 g/mol. The first-order chi connectivity index (χ1) is 14.3. The Morgan fingerprint density at radius 2 is 1.76 bits per heavy atom. The Bertz CT molecular complexity index is 899. The van der Waals surface area contributed by atoms with E-state index in [1.54, 1.807) is 11.8 Å². The molecule has 0 unspecified atom stereocenters. The highest BCUT2D eigenvalue weighted by atomic mass is 79.9. The molecule has 4 rings (SSSR count). The van der Waals surface area contributed by atoms with Gasteiger partial charge in [0.15, 0.2) is 11.0 Å². The van der Waals surface area contributed by atoms with E-state index >= 15 is 0 Å². The van der Waals surface area contributed by atoms with E-state index in [4.69, 9.17) is 9.47 Å². The molecular weight excluding hydrogens is 452 g/mol. The molecule has 1 aliphatic rings. The molecule has 1 aromatic heterocycles. The van der Waals surface area contributed by atoms with Gasteiger partial charge in [0.2, 0.25) is 0 Å². The smallest absolute Gasteiger partial charge is 0.195 e. The largest absolute Gasteiger partial charge is 0.486 e. The van der Waals surface area contributed by atoms with Gasteiger partial charge in [0.25, 0.3) is 0 Å². The molecule has 0 radical (unpaired) electrons. The zero-order chi connectivity index (χ0) is 19.9. The van der Waals surface area contributed by atoms with E-state index in [2.05, 4.69) is 47.7 Å². The Hall–Kier alpha value is -1.87. The second kappa shape index (κ2) is 10.2. The Morgan fingerprint density at radius 1 is 1.00 bits per heavy atom. The number of benzene rings is 2. The molecule has 3 aromatic rings. The van der Waals surface area contributed by atoms with Crippen molar-refractivity contribution in [1.29, 1.82) is 0 Å². The van der Waals surface area contributed by atoms with Gasteiger partial charge in [-0.2, -0.15) is 0 Å². The van der Waals surface area contributed by atoms with Gasteiger partial charge >= 0.3 is 0 Å². The molecule has 29 heavy (non-hydrogen) atoms. The molecule has 6 nitrogen and oxygen atoms in total. The van der Waals surface area contributed by atoms with Gasteiger partial charge in [-0.3, -0.25) is 9.47 Å². The van der Waals surface area contributed by atoms with Crippen LogP contribution in [0.2, 0.25) is 0 Å². The van der Waals surface area contributed by atoms with E-state index in [0.29, 0.717) is 6.61 Å². The zero-order valence-electron chi connectivity index (χ0n) is 16.0. The predicted octanol–water partition coefficient (Wildman–Crippen LogP) is 4.03. The molecule has 1 aliphatic heterocycles. The Labute approximate surface area is 183 Å². The lowest BCUT2D eigenvalue weighted by atomic mass is 10.3. The number of halogens is 1. The maximum absolute atomic E-state index is 5.95. The van der Waals surface area contributed by atoms with Crippen LogP contribution in [-0.2, 0) is 11.3 Å². The molecule has 0 saturated carbocycles. The summed E-state index contributed by atoms with van der Waals surface area (Å²) >= 11 is 5.17. The minimum atomic E-state index is 0.355. The number of hydrogen-bond donors (Lipinski definition) is 0. The van der Waals surface area contributed by atoms with Crippen molar-refractivity contribution in [3.63, 3.8) is 0 Å². The molecule has 8 heteroatoms. The van der Waals surface area contributed by atoms with E-state index < -0.39 is 0 Å². The SMILES string of the molecule is Brc1ccc(OCc2nnc(SCCN3CCOCC3)n2-c2ccccc2)cc1. The van der Waals surface area contributed by atoms with Gasteiger partial charge in [0.05, 0.1) is 13.2 Å². The van der Waals surface area contributed by atoms with Gasteiger partial charge < -0.3 is 9.47 Å². The standard InChI is InChI=1S/C21H23BrN4O2S/c22-17-6-8-19(9-7-17)28-16-20-23-24-21(26(20)18-4-2-1-3-5-18)29-15-12-25-10-13-27-14-11-25/h1-9H,10-16H2. The lowest BCUT2D eigenvalue weighted by Gasteiger charge is -2.26. The molecule has 2 heterocycles. The van der Waals surface area contributed by atoms with Crippen LogP contribution in [0.15, 0.2) is 64.2 Å². The van der Waals surface area contributed by atoms with Crippen LogP contribution in [0.3, 0.4) is 0 Å². The van der Waals surface area contributed by atoms with E-state index in [1.807, 2.05) is 42.5 Å². The number of hydrogen-bond acceptors (Lipinski definition) is 6. The first-order valence-corrected chi connectivity index (χ1v) is 11.4. The highest BCUT2D eigenvalue weighted by molar-refractivity contribution is 9.10. The molecule has 0 amide bonds. The highest BCUT2D eigenvalue weighted by Gasteiger charge is 2.16. The summed E-state index contributed by atoms with van der Waals surface area (Å²) in [7, 11) is 0. The Kier molecular flexibility index (Phi) is 7.21. The average molecular weight is 475 g/mol. The van der Waals surface area contributed by atoms with Gasteiger partial charge in [-0.05, 0) is 36.4 Å². The van der Waals surface area contributed by atoms with Crippen LogP contribution in [0.5, 0.6) is 5.75 Å². The summed E-state index contributed by atoms with van der Waals surface area (Å²) in [6, 6.07) is 18.0. The number of thioether (sulfide) groups is 1. The maximum atomic E-state index is 5.95. The molecule has 0 spiro atoms. The molecule has 0 bridgehead atoms. The van der Waals surface area contributed by atoms with E-state index in [9.17, 15) is 0 Å². The lowest BCUT2D eigenvalue weighted by molar-refractivity contribution is 0.0410. The fourth-order valence-electron chi connectivity index (χ4n) is 3.09. The quantitative estimate of drug-likeness (QED) is 0.459. The van der Waals surface area contributed by atoms with E-state index in [0.717, 1.165) is 65.5 Å². The molecule has 2 aromatic carbocycles. The van der Waals surface area contributed by atoms with Crippen LogP contribution in [0.25, 0.3) is 5.69 Å². The molecule has 0 N–H and O–H groups in total. The fraction of sp³-hybridized carbons (Fsp3) is 0.333. The van der Waals surface area contributed by atoms with Crippen molar-refractivity contribution >= 4 is 27.7 Å². The minimum absolute atomic E-state index is 0.355. The number of morpholine rings is 1. The number of nitrogens with zero attached hydrogens (tertiary/aromatic N) is 4. The summed E-state index contributed by atoms with van der Waals surface area (Å²) in [6.45, 7) is 5.01. The number of aromatic nitrogens is 3. The molecule has 1 fully saturated rings. The Morgan fingerprint density at radius 3 is 2.52 bits per heavy atom. The van der Waals surface area contributed by atoms with Crippen LogP contribution in [0.4, 0.5) is 0 Å². The third-order valence-corrected chi connectivity index (χ3v) is 6.08. The van der Waals surface area contributed by atoms with Crippen LogP contribution in [0.1, 0.15) is 5.82 Å². The Balaban J connectivity index is 1.46. The summed E-state index contributed by atoms with van der Waals surface area (Å²) in [5.74, 6) is 2.55. The number of ether oxygens (including phenoxy) is 2. The molecule has 1 saturated heterocycles. The van der Waals surface area contributed by atoms with Gasteiger partial charge in [-0.1, -0.05) is 45.9 Å². The summed E-state index contributed by atoms with van der Waals surface area (Å²) in [4.78, 5) is 2.43. The van der Waals surface area contributed by atoms with Crippen LogP contribution < -0.4 is 4.74 Å². The van der Waals surface area contributed by atoms with Gasteiger partial charge in [-0.15, -0.1) is 10.2 Å². The lowest BCUT2D eigenvalue weighted by Crippen LogP contribution is -2.37. The third kappa shape index (κ3) is 5.60. The van der Waals surface area contributed by atoms with Crippen molar-refractivity contribution in [2.45, 2.75) is 11.8 Å². The maximum Gasteiger partial charge on any atom is 0.195 e. The van der Waals surface area contributed by atoms with Crippen LogP contribution in [-0.4, -0.2) is 58.3 Å². The molecule has 152 valence electrons. The summed E-state index contributed by atoms with van der Waals surface area (Å²) < 4.78 is 14.5. The second-order valence-corrected chi connectivity index (χ2v) is 8.59. The summed E-state index contributed by atoms with van der Waals surface area (Å²) in [5.41, 5.74) is 1.04. The van der Waals surface area contributed by atoms with Crippen molar-refractivity contribution in [2.75, 3.05) is 38.6 Å². The van der Waals surface area contributed by atoms with Crippen molar-refractivity contribution in [3.8, 4) is 11.4 Å². The van der Waals surface area contributed by atoms with Crippen molar-refractivity contribution < 1.29 is 9.47 Å². The average Bonchev–Trinajstić information content (AvgIpc) is 3.17. The predicted molar refractivity (Wildman–Crippen MR) is 118 cm³/mol. The zero-order valence-corrected chi connectivity index (χ0v) is 18.4. The molecule has 0 aliphatic carbocycles. The van der Waals surface area contributed by atoms with Crippen molar-refractivity contribution in [3.05, 3.63) is 64.9 Å². The molecular formula is C21H23BrN4O2S. The van der Waals surface area contributed by atoms with Crippen LogP contribution >= 0.6 is 27.7 Å². The van der Waals surface area contributed by atoms with Crippen molar-refractivity contribution in [2.24, 2.45) is 0 Å². The van der Waals surface area contributed by atoms with Crippen LogP contribution in [0, 0.1) is 0 Å². The first-order valence-electron chi connectivity index (χ1n) is 9.60. The second-order valence-electron chi connectivity index (χ2n) is 6.61. The first kappa shape index (κ1) is 20.4. The number of para-hydroxylation sites is 1. The molecule has 0 atom stereocenters. The summed E-state index contributed by atoms with van der Waals surface area (Å²) in [5, 5.41) is 9.75. The van der Waals surface area contributed by atoms with Gasteiger partial charge in [0.1, 0.15) is 12.4 Å². The van der Waals surface area contributed by atoms with E-state index in [-0.39, 0.29) is 0 Å². The third-order valence-electron chi connectivity index (χ3n) is 4.64. The fourth-order valence-corrected chi connectivity index (χ4v) is 4.33. The van der Waals surface area contributed by atoms with Gasteiger partial charge in [0, 0.05) is 35.5 Å². The van der Waals surface area contributed by atoms with Crippen molar-refractivity contribution in [1.82, 2.24) is 19.7 Å². The summed E-state index contributed by atoms with van der Waals surface area (Å²) in [6.07, 6.45) is 0. The highest BCUT2D eigenvalue weighted by Crippen LogP contribution is 2.24. The number of rotatable bonds is 8. The van der Waals surface area contributed by atoms with Gasteiger partial charge in [-0.25, -0.2) is 0 Å². The normalized spacial score (nSPS) is 14.8. The minimum Gasteiger partial charge on any atom is -0.486 e. The topological polar surface area (TPSA) is 52.4 Å².